The molecule has 0 radical (unpaired) electrons. The van der Waals surface area contributed by atoms with Crippen molar-refractivity contribution in [1.29, 1.82) is 0 Å². The van der Waals surface area contributed by atoms with Crippen LogP contribution in [0.25, 0.3) is 0 Å². The Morgan fingerprint density at radius 1 is 1.38 bits per heavy atom. The third-order valence-electron chi connectivity index (χ3n) is 1.86. The van der Waals surface area contributed by atoms with Gasteiger partial charge in [-0.15, -0.1) is 0 Å². The lowest BCUT2D eigenvalue weighted by molar-refractivity contribution is 0.0573. The summed E-state index contributed by atoms with van der Waals surface area (Å²) >= 11 is 0. The van der Waals surface area contributed by atoms with Crippen molar-refractivity contribution >= 4 is 16.7 Å². The van der Waals surface area contributed by atoms with Crippen LogP contribution in [0.15, 0.2) is 18.2 Å². The summed E-state index contributed by atoms with van der Waals surface area (Å²) < 4.78 is 25.0. The minimum absolute atomic E-state index is 0.183. The van der Waals surface area contributed by atoms with E-state index >= 15 is 0 Å². The summed E-state index contributed by atoms with van der Waals surface area (Å²) in [7, 11) is -2.73. The highest BCUT2D eigenvalue weighted by atomic mass is 32.2. The smallest absolute Gasteiger partial charge is 0.339 e. The molecular formula is C10H12O5S. The molecule has 0 aliphatic heterocycles. The molecule has 1 aromatic carbocycles. The molecule has 0 spiro atoms. The Balaban J connectivity index is 2.86. The van der Waals surface area contributed by atoms with Crippen LogP contribution in [-0.4, -0.2) is 25.4 Å². The predicted octanol–water partition coefficient (Wildman–Crippen LogP) is 0.213. The fourth-order valence-electron chi connectivity index (χ4n) is 1.27. The Bertz CT molecular complexity index is 456. The largest absolute Gasteiger partial charge is 0.446 e. The summed E-state index contributed by atoms with van der Waals surface area (Å²) in [5, 5.41) is 8.94. The van der Waals surface area contributed by atoms with Crippen molar-refractivity contribution in [3.05, 3.63) is 34.9 Å². The molecule has 0 aromatic heterocycles. The standard InChI is InChI=1S/C10H12O5S/c1-7-2-8(5-11)4-9(3-7)10(12)15-6-16(13)14/h2-4,11,16H,5-6H2,1H3. The quantitative estimate of drug-likeness (QED) is 0.584. The number of benzene rings is 1. The zero-order valence-electron chi connectivity index (χ0n) is 8.67. The van der Waals surface area contributed by atoms with Gasteiger partial charge >= 0.3 is 5.97 Å². The first kappa shape index (κ1) is 12.7. The van der Waals surface area contributed by atoms with Crippen LogP contribution in [0.5, 0.6) is 0 Å². The van der Waals surface area contributed by atoms with Crippen molar-refractivity contribution in [3.63, 3.8) is 0 Å². The second-order valence-corrected chi connectivity index (χ2v) is 4.18. The number of hydrogen-bond acceptors (Lipinski definition) is 5. The molecule has 0 fully saturated rings. The molecule has 1 rings (SSSR count). The van der Waals surface area contributed by atoms with E-state index in [0.29, 0.717) is 5.56 Å². The fraction of sp³-hybridized carbons (Fsp3) is 0.300. The molecule has 5 nitrogen and oxygen atoms in total. The molecule has 6 heteroatoms. The van der Waals surface area contributed by atoms with E-state index in [1.54, 1.807) is 19.1 Å². The molecule has 0 aliphatic rings. The van der Waals surface area contributed by atoms with Crippen LogP contribution in [0.1, 0.15) is 21.5 Å². The van der Waals surface area contributed by atoms with E-state index in [4.69, 9.17) is 5.11 Å². The predicted molar refractivity (Wildman–Crippen MR) is 57.7 cm³/mol. The maximum atomic E-state index is 11.4. The second kappa shape index (κ2) is 5.62. The van der Waals surface area contributed by atoms with Crippen molar-refractivity contribution < 1.29 is 23.1 Å². The van der Waals surface area contributed by atoms with Gasteiger partial charge in [-0.3, -0.25) is 0 Å². The summed E-state index contributed by atoms with van der Waals surface area (Å²) in [5.74, 6) is -1.34. The molecule has 88 valence electrons. The number of aryl methyl sites for hydroxylation is 1. The molecule has 1 aromatic rings. The molecule has 0 saturated heterocycles. The maximum absolute atomic E-state index is 11.4. The average molecular weight is 244 g/mol. The summed E-state index contributed by atoms with van der Waals surface area (Å²) in [6.45, 7) is 1.59. The van der Waals surface area contributed by atoms with Gasteiger partial charge in [0.15, 0.2) is 16.6 Å². The number of rotatable bonds is 4. The molecule has 0 amide bonds. The highest BCUT2D eigenvalue weighted by molar-refractivity contribution is 7.72. The zero-order chi connectivity index (χ0) is 12.1. The number of hydrogen-bond donors (Lipinski definition) is 2. The number of thiol groups is 1. The topological polar surface area (TPSA) is 80.7 Å². The highest BCUT2D eigenvalue weighted by Crippen LogP contribution is 2.11. The number of aliphatic hydroxyl groups excluding tert-OH is 1. The van der Waals surface area contributed by atoms with Gasteiger partial charge in [0.1, 0.15) is 0 Å². The molecular weight excluding hydrogens is 232 g/mol. The SMILES string of the molecule is Cc1cc(CO)cc(C(=O)OC[SH](=O)=O)c1. The number of ether oxygens (including phenoxy) is 1. The Morgan fingerprint density at radius 2 is 2.06 bits per heavy atom. The van der Waals surface area contributed by atoms with Gasteiger partial charge in [-0.05, 0) is 30.2 Å². The van der Waals surface area contributed by atoms with Crippen molar-refractivity contribution in [3.8, 4) is 0 Å². The first-order valence-corrected chi connectivity index (χ1v) is 5.89. The van der Waals surface area contributed by atoms with Gasteiger partial charge in [-0.2, -0.15) is 0 Å². The molecule has 0 unspecified atom stereocenters. The van der Waals surface area contributed by atoms with Gasteiger partial charge in [0.25, 0.3) is 0 Å². The number of carbonyl (C=O) groups excluding carboxylic acids is 1. The van der Waals surface area contributed by atoms with E-state index in [1.807, 2.05) is 0 Å². The van der Waals surface area contributed by atoms with Gasteiger partial charge in [-0.25, -0.2) is 13.2 Å². The molecule has 0 heterocycles. The van der Waals surface area contributed by atoms with Crippen LogP contribution in [0.4, 0.5) is 0 Å². The minimum atomic E-state index is -2.73. The van der Waals surface area contributed by atoms with Crippen LogP contribution in [0.2, 0.25) is 0 Å². The van der Waals surface area contributed by atoms with Crippen LogP contribution < -0.4 is 0 Å². The minimum Gasteiger partial charge on any atom is -0.446 e. The Kier molecular flexibility index (Phi) is 4.45. The Morgan fingerprint density at radius 3 is 2.62 bits per heavy atom. The first-order chi connectivity index (χ1) is 7.52. The van der Waals surface area contributed by atoms with E-state index in [2.05, 4.69) is 4.74 Å². The Hall–Kier alpha value is -1.40. The summed E-state index contributed by atoms with van der Waals surface area (Å²) in [6.07, 6.45) is 0. The van der Waals surface area contributed by atoms with Crippen molar-refractivity contribution in [2.45, 2.75) is 13.5 Å². The van der Waals surface area contributed by atoms with E-state index in [9.17, 15) is 13.2 Å². The van der Waals surface area contributed by atoms with E-state index in [-0.39, 0.29) is 12.2 Å². The van der Waals surface area contributed by atoms with Crippen LogP contribution in [0, 0.1) is 6.92 Å². The molecule has 0 atom stereocenters. The zero-order valence-corrected chi connectivity index (χ0v) is 9.57. The highest BCUT2D eigenvalue weighted by Gasteiger charge is 2.09. The van der Waals surface area contributed by atoms with E-state index in [1.165, 1.54) is 6.07 Å². The van der Waals surface area contributed by atoms with Crippen molar-refractivity contribution in [2.24, 2.45) is 0 Å². The van der Waals surface area contributed by atoms with E-state index in [0.717, 1.165) is 5.56 Å². The molecule has 16 heavy (non-hydrogen) atoms. The third-order valence-corrected chi connectivity index (χ3v) is 2.20. The fourth-order valence-corrected chi connectivity index (χ4v) is 1.49. The van der Waals surface area contributed by atoms with Gasteiger partial charge in [0.2, 0.25) is 0 Å². The summed E-state index contributed by atoms with van der Waals surface area (Å²) in [4.78, 5) is 11.4. The normalized spacial score (nSPS) is 10.4. The maximum Gasteiger partial charge on any atom is 0.339 e. The number of esters is 1. The summed E-state index contributed by atoms with van der Waals surface area (Å²) in [6, 6.07) is 4.76. The lowest BCUT2D eigenvalue weighted by Gasteiger charge is -2.04. The molecule has 1 N–H and O–H groups in total. The Labute approximate surface area is 94.6 Å². The molecule has 0 aliphatic carbocycles. The lowest BCUT2D eigenvalue weighted by atomic mass is 10.1. The van der Waals surface area contributed by atoms with Gasteiger partial charge in [0.05, 0.1) is 12.2 Å². The summed E-state index contributed by atoms with van der Waals surface area (Å²) in [5.41, 5.74) is 1.62. The van der Waals surface area contributed by atoms with E-state index < -0.39 is 22.6 Å². The van der Waals surface area contributed by atoms with Gasteiger partial charge in [0, 0.05) is 0 Å². The molecule has 0 saturated carbocycles. The third kappa shape index (κ3) is 3.63. The van der Waals surface area contributed by atoms with Crippen molar-refractivity contribution in [2.75, 3.05) is 5.94 Å². The van der Waals surface area contributed by atoms with Gasteiger partial charge in [-0.1, -0.05) is 6.07 Å². The van der Waals surface area contributed by atoms with Crippen molar-refractivity contribution in [1.82, 2.24) is 0 Å². The number of aliphatic hydroxyl groups is 1. The average Bonchev–Trinajstić information content (AvgIpc) is 2.24. The van der Waals surface area contributed by atoms with Crippen LogP contribution in [0.3, 0.4) is 0 Å². The van der Waals surface area contributed by atoms with Crippen LogP contribution in [-0.2, 0) is 22.0 Å². The molecule has 0 bridgehead atoms. The van der Waals surface area contributed by atoms with Crippen LogP contribution >= 0.6 is 0 Å². The van der Waals surface area contributed by atoms with Gasteiger partial charge < -0.3 is 9.84 Å². The number of carbonyl (C=O) groups is 1. The monoisotopic (exact) mass is 244 g/mol. The lowest BCUT2D eigenvalue weighted by Crippen LogP contribution is -2.08. The second-order valence-electron chi connectivity index (χ2n) is 3.26. The first-order valence-electron chi connectivity index (χ1n) is 4.53.